The van der Waals surface area contributed by atoms with Crippen molar-refractivity contribution in [3.63, 3.8) is 0 Å². The molecule has 1 amide bonds. The molecular formula is C21H23NO5. The first-order chi connectivity index (χ1) is 13.0. The maximum atomic E-state index is 12.7. The van der Waals surface area contributed by atoms with Gasteiger partial charge >= 0.3 is 5.97 Å². The lowest BCUT2D eigenvalue weighted by Gasteiger charge is -2.30. The average molecular weight is 369 g/mol. The summed E-state index contributed by atoms with van der Waals surface area (Å²) in [5.41, 5.74) is 2.70. The highest BCUT2D eigenvalue weighted by atomic mass is 16.5. The zero-order valence-corrected chi connectivity index (χ0v) is 15.7. The minimum atomic E-state index is -0.865. The number of ether oxygens (including phenoxy) is 3. The number of hydrogen-bond acceptors (Lipinski definition) is 5. The van der Waals surface area contributed by atoms with Gasteiger partial charge < -0.3 is 19.1 Å². The maximum absolute atomic E-state index is 12.7. The predicted molar refractivity (Wildman–Crippen MR) is 100.0 cm³/mol. The summed E-state index contributed by atoms with van der Waals surface area (Å²) in [6.07, 6.45) is -0.0611. The molecule has 0 bridgehead atoms. The van der Waals surface area contributed by atoms with Crippen LogP contribution >= 0.6 is 0 Å². The highest BCUT2D eigenvalue weighted by Gasteiger charge is 2.27. The minimum absolute atomic E-state index is 0.196. The van der Waals surface area contributed by atoms with Crippen LogP contribution in [0.1, 0.15) is 28.4 Å². The third-order valence-corrected chi connectivity index (χ3v) is 4.69. The van der Waals surface area contributed by atoms with Crippen molar-refractivity contribution in [2.75, 3.05) is 20.8 Å². The lowest BCUT2D eigenvalue weighted by molar-refractivity contribution is -0.140. The fraction of sp³-hybridized carbons (Fsp3) is 0.333. The van der Waals surface area contributed by atoms with Crippen molar-refractivity contribution in [1.82, 2.24) is 4.90 Å². The topological polar surface area (TPSA) is 65.1 Å². The van der Waals surface area contributed by atoms with Gasteiger partial charge in [0, 0.05) is 13.1 Å². The van der Waals surface area contributed by atoms with Gasteiger partial charge in [0.2, 0.25) is 0 Å². The Morgan fingerprint density at radius 3 is 2.41 bits per heavy atom. The second-order valence-corrected chi connectivity index (χ2v) is 6.40. The van der Waals surface area contributed by atoms with E-state index in [1.165, 1.54) is 25.8 Å². The lowest BCUT2D eigenvalue weighted by atomic mass is 9.99. The molecule has 0 aliphatic carbocycles. The Morgan fingerprint density at radius 2 is 1.70 bits per heavy atom. The fourth-order valence-corrected chi connectivity index (χ4v) is 3.18. The standard InChI is InChI=1S/C21H23NO5/c1-14(20(23)22-11-10-15-6-4-5-7-17(15)13-22)27-21(24)16-8-9-18(25-2)19(12-16)26-3/h4-9,12,14H,10-11,13H2,1-3H3/t14-/m0/s1. The molecule has 1 aliphatic rings. The Morgan fingerprint density at radius 1 is 1.00 bits per heavy atom. The summed E-state index contributed by atoms with van der Waals surface area (Å²) in [6.45, 7) is 2.75. The van der Waals surface area contributed by atoms with E-state index in [4.69, 9.17) is 14.2 Å². The van der Waals surface area contributed by atoms with Crippen LogP contribution in [0.5, 0.6) is 11.5 Å². The van der Waals surface area contributed by atoms with Crippen LogP contribution in [0.15, 0.2) is 42.5 Å². The highest BCUT2D eigenvalue weighted by molar-refractivity contribution is 5.93. The van der Waals surface area contributed by atoms with E-state index in [1.807, 2.05) is 18.2 Å². The Bertz CT molecular complexity index is 848. The van der Waals surface area contributed by atoms with Crippen molar-refractivity contribution < 1.29 is 23.8 Å². The van der Waals surface area contributed by atoms with Crippen molar-refractivity contribution >= 4 is 11.9 Å². The van der Waals surface area contributed by atoms with E-state index in [-0.39, 0.29) is 5.91 Å². The predicted octanol–water partition coefficient (Wildman–Crippen LogP) is 2.83. The molecule has 0 spiro atoms. The molecule has 6 nitrogen and oxygen atoms in total. The highest BCUT2D eigenvalue weighted by Crippen LogP contribution is 2.28. The third kappa shape index (κ3) is 4.05. The third-order valence-electron chi connectivity index (χ3n) is 4.69. The van der Waals surface area contributed by atoms with E-state index < -0.39 is 12.1 Å². The largest absolute Gasteiger partial charge is 0.493 e. The van der Waals surface area contributed by atoms with Gasteiger partial charge in [-0.1, -0.05) is 24.3 Å². The molecule has 0 unspecified atom stereocenters. The molecule has 1 heterocycles. The minimum Gasteiger partial charge on any atom is -0.493 e. The van der Waals surface area contributed by atoms with E-state index in [0.717, 1.165) is 12.0 Å². The molecule has 1 aliphatic heterocycles. The molecule has 2 aromatic carbocycles. The Kier molecular flexibility index (Phi) is 5.64. The van der Waals surface area contributed by atoms with Gasteiger partial charge in [-0.3, -0.25) is 4.79 Å². The first kappa shape index (κ1) is 18.8. The second kappa shape index (κ2) is 8.12. The van der Waals surface area contributed by atoms with Gasteiger partial charge in [0.1, 0.15) is 0 Å². The number of rotatable bonds is 5. The Hall–Kier alpha value is -3.02. The SMILES string of the molecule is COc1ccc(C(=O)O[C@@H](C)C(=O)N2CCc3ccccc3C2)cc1OC. The van der Waals surface area contributed by atoms with Crippen molar-refractivity contribution in [3.05, 3.63) is 59.2 Å². The van der Waals surface area contributed by atoms with Crippen molar-refractivity contribution in [2.45, 2.75) is 26.0 Å². The van der Waals surface area contributed by atoms with Crippen LogP contribution in [0.3, 0.4) is 0 Å². The Labute approximate surface area is 158 Å². The van der Waals surface area contributed by atoms with Crippen LogP contribution in [0, 0.1) is 0 Å². The van der Waals surface area contributed by atoms with Crippen LogP contribution in [-0.4, -0.2) is 43.6 Å². The van der Waals surface area contributed by atoms with Crippen molar-refractivity contribution in [2.24, 2.45) is 0 Å². The van der Waals surface area contributed by atoms with E-state index >= 15 is 0 Å². The lowest BCUT2D eigenvalue weighted by Crippen LogP contribution is -2.42. The normalized spacial score (nSPS) is 14.1. The molecule has 6 heteroatoms. The molecule has 1 atom stereocenters. The number of hydrogen-bond donors (Lipinski definition) is 0. The summed E-state index contributed by atoms with van der Waals surface area (Å²) >= 11 is 0. The van der Waals surface area contributed by atoms with Gasteiger partial charge in [-0.05, 0) is 42.7 Å². The number of methoxy groups -OCH3 is 2. The maximum Gasteiger partial charge on any atom is 0.339 e. The summed E-state index contributed by atoms with van der Waals surface area (Å²) in [6, 6.07) is 12.8. The van der Waals surface area contributed by atoms with E-state index in [1.54, 1.807) is 24.0 Å². The first-order valence-electron chi connectivity index (χ1n) is 8.82. The molecule has 0 N–H and O–H groups in total. The zero-order valence-electron chi connectivity index (χ0n) is 15.7. The molecule has 0 saturated heterocycles. The van der Waals surface area contributed by atoms with E-state index in [2.05, 4.69) is 6.07 Å². The first-order valence-corrected chi connectivity index (χ1v) is 8.82. The number of fused-ring (bicyclic) bond motifs is 1. The molecule has 0 fully saturated rings. The molecule has 0 aromatic heterocycles. The average Bonchev–Trinajstić information content (AvgIpc) is 2.72. The van der Waals surface area contributed by atoms with E-state index in [0.29, 0.717) is 30.2 Å². The Balaban J connectivity index is 1.65. The van der Waals surface area contributed by atoms with E-state index in [9.17, 15) is 9.59 Å². The number of amides is 1. The summed E-state index contributed by atoms with van der Waals surface area (Å²) in [4.78, 5) is 26.9. The molecular weight excluding hydrogens is 346 g/mol. The number of esters is 1. The summed E-state index contributed by atoms with van der Waals surface area (Å²) in [5, 5.41) is 0. The van der Waals surface area contributed by atoms with Crippen LogP contribution < -0.4 is 9.47 Å². The van der Waals surface area contributed by atoms with Crippen LogP contribution in [0.2, 0.25) is 0 Å². The fourth-order valence-electron chi connectivity index (χ4n) is 3.18. The zero-order chi connectivity index (χ0) is 19.4. The van der Waals surface area contributed by atoms with Crippen molar-refractivity contribution in [1.29, 1.82) is 0 Å². The van der Waals surface area contributed by atoms with Crippen LogP contribution in [0.25, 0.3) is 0 Å². The molecule has 3 rings (SSSR count). The molecule has 0 saturated carbocycles. The van der Waals surface area contributed by atoms with Crippen LogP contribution in [-0.2, 0) is 22.5 Å². The van der Waals surface area contributed by atoms with Gasteiger partial charge in [-0.15, -0.1) is 0 Å². The van der Waals surface area contributed by atoms with Crippen LogP contribution in [0.4, 0.5) is 0 Å². The van der Waals surface area contributed by atoms with Gasteiger partial charge in [-0.25, -0.2) is 4.79 Å². The smallest absolute Gasteiger partial charge is 0.339 e. The van der Waals surface area contributed by atoms with Gasteiger partial charge in [-0.2, -0.15) is 0 Å². The number of benzene rings is 2. The molecule has 2 aromatic rings. The monoisotopic (exact) mass is 369 g/mol. The number of carbonyl (C=O) groups excluding carboxylic acids is 2. The number of nitrogens with zero attached hydrogens (tertiary/aromatic N) is 1. The summed E-state index contributed by atoms with van der Waals surface area (Å²) in [5.74, 6) is 0.177. The van der Waals surface area contributed by atoms with Gasteiger partial charge in [0.15, 0.2) is 17.6 Å². The van der Waals surface area contributed by atoms with Gasteiger partial charge in [0.05, 0.1) is 19.8 Å². The number of carbonyl (C=O) groups is 2. The quantitative estimate of drug-likeness (QED) is 0.759. The molecule has 27 heavy (non-hydrogen) atoms. The summed E-state index contributed by atoms with van der Waals surface area (Å²) in [7, 11) is 3.01. The van der Waals surface area contributed by atoms with Crippen molar-refractivity contribution in [3.8, 4) is 11.5 Å². The molecule has 142 valence electrons. The van der Waals surface area contributed by atoms with Gasteiger partial charge in [0.25, 0.3) is 5.91 Å². The molecule has 0 radical (unpaired) electrons. The summed E-state index contributed by atoms with van der Waals surface area (Å²) < 4.78 is 15.7. The second-order valence-electron chi connectivity index (χ2n) is 6.40.